The van der Waals surface area contributed by atoms with Crippen molar-refractivity contribution in [3.63, 3.8) is 0 Å². The van der Waals surface area contributed by atoms with Gasteiger partial charge in [-0.2, -0.15) is 0 Å². The zero-order chi connectivity index (χ0) is 17.2. The number of hydrazine groups is 1. The van der Waals surface area contributed by atoms with Crippen LogP contribution in [0.3, 0.4) is 0 Å². The molecule has 2 rings (SSSR count). The lowest BCUT2D eigenvalue weighted by atomic mass is 10.2. The second-order valence-corrected chi connectivity index (χ2v) is 5.26. The van der Waals surface area contributed by atoms with Gasteiger partial charge >= 0.3 is 0 Å². The molecule has 0 aromatic heterocycles. The lowest BCUT2D eigenvalue weighted by Gasteiger charge is -2.13. The van der Waals surface area contributed by atoms with Crippen LogP contribution in [0.5, 0.6) is 5.75 Å². The highest BCUT2D eigenvalue weighted by atomic mass is 32.1. The van der Waals surface area contributed by atoms with Crippen LogP contribution in [0, 0.1) is 0 Å². The summed E-state index contributed by atoms with van der Waals surface area (Å²) in [5.41, 5.74) is 6.63. The zero-order valence-electron chi connectivity index (χ0n) is 13.1. The van der Waals surface area contributed by atoms with Crippen LogP contribution in [0.25, 0.3) is 0 Å². The molecule has 0 atom stereocenters. The Balaban J connectivity index is 1.96. The minimum absolute atomic E-state index is 0.311. The Kier molecular flexibility index (Phi) is 6.79. The number of carbonyl (C=O) groups is 1. The maximum absolute atomic E-state index is 12.3. The Hall–Kier alpha value is -2.86. The number of para-hydroxylation sites is 1. The molecule has 2 aromatic carbocycles. The molecule has 0 saturated carbocycles. The van der Waals surface area contributed by atoms with Gasteiger partial charge in [-0.05, 0) is 29.9 Å². The van der Waals surface area contributed by atoms with E-state index < -0.39 is 0 Å². The molecule has 0 spiro atoms. The van der Waals surface area contributed by atoms with E-state index >= 15 is 0 Å². The molecule has 0 unspecified atom stereocenters. The smallest absolute Gasteiger partial charge is 0.273 e. The Bertz CT molecular complexity index is 704. The van der Waals surface area contributed by atoms with Crippen molar-refractivity contribution >= 4 is 23.2 Å². The van der Waals surface area contributed by atoms with Crippen molar-refractivity contribution in [1.82, 2.24) is 16.2 Å². The van der Waals surface area contributed by atoms with E-state index in [9.17, 15) is 4.79 Å². The molecule has 3 N–H and O–H groups in total. The average Bonchev–Trinajstić information content (AvgIpc) is 2.63. The molecule has 0 heterocycles. The summed E-state index contributed by atoms with van der Waals surface area (Å²) < 4.78 is 5.77. The first-order chi connectivity index (χ1) is 11.7. The summed E-state index contributed by atoms with van der Waals surface area (Å²) in [6, 6.07) is 16.8. The Labute approximate surface area is 146 Å². The van der Waals surface area contributed by atoms with Gasteiger partial charge in [-0.15, -0.1) is 6.58 Å². The summed E-state index contributed by atoms with van der Waals surface area (Å²) in [6.07, 6.45) is 1.67. The van der Waals surface area contributed by atoms with Crippen LogP contribution in [0.1, 0.15) is 15.9 Å². The first-order valence-electron chi connectivity index (χ1n) is 7.41. The summed E-state index contributed by atoms with van der Waals surface area (Å²) in [5.74, 6) is 0.173. The van der Waals surface area contributed by atoms with Gasteiger partial charge < -0.3 is 10.1 Å². The second kappa shape index (κ2) is 9.32. The monoisotopic (exact) mass is 341 g/mol. The Morgan fingerprint density at radius 1 is 1.08 bits per heavy atom. The van der Waals surface area contributed by atoms with Gasteiger partial charge in [0.1, 0.15) is 12.4 Å². The highest BCUT2D eigenvalue weighted by Crippen LogP contribution is 2.19. The topological polar surface area (TPSA) is 62.4 Å². The number of carbonyl (C=O) groups excluding carboxylic acids is 1. The quantitative estimate of drug-likeness (QED) is 0.428. The molecule has 5 nitrogen and oxygen atoms in total. The van der Waals surface area contributed by atoms with Gasteiger partial charge in [-0.3, -0.25) is 15.6 Å². The van der Waals surface area contributed by atoms with Crippen LogP contribution in [0.2, 0.25) is 0 Å². The summed E-state index contributed by atoms with van der Waals surface area (Å²) in [5, 5.41) is 3.17. The zero-order valence-corrected chi connectivity index (χ0v) is 13.9. The van der Waals surface area contributed by atoms with Crippen molar-refractivity contribution in [2.24, 2.45) is 0 Å². The summed E-state index contributed by atoms with van der Waals surface area (Å²) in [7, 11) is 0. The van der Waals surface area contributed by atoms with Crippen LogP contribution < -0.4 is 20.9 Å². The molecule has 0 aliphatic heterocycles. The summed E-state index contributed by atoms with van der Waals surface area (Å²) in [6.45, 7) is 4.48. The van der Waals surface area contributed by atoms with E-state index in [0.29, 0.717) is 29.6 Å². The fourth-order valence-electron chi connectivity index (χ4n) is 1.91. The van der Waals surface area contributed by atoms with Crippen molar-refractivity contribution in [2.45, 2.75) is 6.61 Å². The minimum Gasteiger partial charge on any atom is -0.488 e. The molecule has 6 heteroatoms. The highest BCUT2D eigenvalue weighted by Gasteiger charge is 2.12. The number of rotatable bonds is 6. The molecule has 2 aromatic rings. The van der Waals surface area contributed by atoms with Crippen molar-refractivity contribution in [3.8, 4) is 5.75 Å². The van der Waals surface area contributed by atoms with Crippen LogP contribution in [-0.4, -0.2) is 17.6 Å². The van der Waals surface area contributed by atoms with Crippen LogP contribution in [0.15, 0.2) is 67.3 Å². The lowest BCUT2D eigenvalue weighted by molar-refractivity contribution is 0.0939. The van der Waals surface area contributed by atoms with Gasteiger partial charge in [0.2, 0.25) is 0 Å². The molecular weight excluding hydrogens is 322 g/mol. The molecule has 0 radical (unpaired) electrons. The SMILES string of the molecule is C=CCNC(=S)NNC(=O)c1ccccc1OCc1ccccc1. The number of thiocarbonyl (C=S) groups is 1. The molecule has 24 heavy (non-hydrogen) atoms. The summed E-state index contributed by atoms with van der Waals surface area (Å²) in [4.78, 5) is 12.3. The average molecular weight is 341 g/mol. The number of hydrogen-bond donors (Lipinski definition) is 3. The van der Waals surface area contributed by atoms with E-state index in [1.54, 1.807) is 24.3 Å². The highest BCUT2D eigenvalue weighted by molar-refractivity contribution is 7.80. The largest absolute Gasteiger partial charge is 0.488 e. The van der Waals surface area contributed by atoms with Crippen molar-refractivity contribution in [3.05, 3.63) is 78.4 Å². The third-order valence-corrected chi connectivity index (χ3v) is 3.31. The van der Waals surface area contributed by atoms with Gasteiger partial charge in [-0.25, -0.2) is 0 Å². The van der Waals surface area contributed by atoms with Gasteiger partial charge in [0, 0.05) is 6.54 Å². The van der Waals surface area contributed by atoms with Crippen LogP contribution in [-0.2, 0) is 6.61 Å². The third kappa shape index (κ3) is 5.40. The maximum atomic E-state index is 12.3. The van der Waals surface area contributed by atoms with Crippen LogP contribution in [0.4, 0.5) is 0 Å². The number of amides is 1. The number of nitrogens with one attached hydrogen (secondary N) is 3. The van der Waals surface area contributed by atoms with Crippen molar-refractivity contribution in [1.29, 1.82) is 0 Å². The number of ether oxygens (including phenoxy) is 1. The molecule has 0 aliphatic carbocycles. The van der Waals surface area contributed by atoms with E-state index in [2.05, 4.69) is 22.7 Å². The number of benzene rings is 2. The molecule has 0 fully saturated rings. The molecule has 0 saturated heterocycles. The summed E-state index contributed by atoms with van der Waals surface area (Å²) >= 11 is 5.02. The normalized spacial score (nSPS) is 9.67. The van der Waals surface area contributed by atoms with Gasteiger partial charge in [-0.1, -0.05) is 48.5 Å². The van der Waals surface area contributed by atoms with E-state index in [1.807, 2.05) is 36.4 Å². The minimum atomic E-state index is -0.332. The number of hydrogen-bond acceptors (Lipinski definition) is 3. The molecule has 1 amide bonds. The molecule has 0 aliphatic rings. The standard InChI is InChI=1S/C18H19N3O2S/c1-2-12-19-18(24)21-20-17(22)15-10-6-7-11-16(15)23-13-14-8-4-3-5-9-14/h2-11H,1,12-13H2,(H,20,22)(H2,19,21,24). The van der Waals surface area contributed by atoms with Gasteiger partial charge in [0.25, 0.3) is 5.91 Å². The Morgan fingerprint density at radius 2 is 1.79 bits per heavy atom. The lowest BCUT2D eigenvalue weighted by Crippen LogP contribution is -2.46. The second-order valence-electron chi connectivity index (χ2n) is 4.85. The van der Waals surface area contributed by atoms with Gasteiger partial charge in [0.15, 0.2) is 5.11 Å². The fourth-order valence-corrected chi connectivity index (χ4v) is 2.04. The maximum Gasteiger partial charge on any atom is 0.273 e. The molecular formula is C18H19N3O2S. The molecule has 0 bridgehead atoms. The first-order valence-corrected chi connectivity index (χ1v) is 7.82. The van der Waals surface area contributed by atoms with Crippen LogP contribution >= 0.6 is 12.2 Å². The predicted octanol–water partition coefficient (Wildman–Crippen LogP) is 2.56. The first kappa shape index (κ1) is 17.5. The van der Waals surface area contributed by atoms with Crippen molar-refractivity contribution < 1.29 is 9.53 Å². The fraction of sp³-hybridized carbons (Fsp3) is 0.111. The predicted molar refractivity (Wildman–Crippen MR) is 98.6 cm³/mol. The van der Waals surface area contributed by atoms with E-state index in [1.165, 1.54) is 0 Å². The third-order valence-electron chi connectivity index (χ3n) is 3.07. The molecule has 124 valence electrons. The Morgan fingerprint density at radius 3 is 2.54 bits per heavy atom. The van der Waals surface area contributed by atoms with E-state index in [0.717, 1.165) is 5.56 Å². The van der Waals surface area contributed by atoms with E-state index in [4.69, 9.17) is 17.0 Å². The van der Waals surface area contributed by atoms with E-state index in [-0.39, 0.29) is 5.91 Å². The van der Waals surface area contributed by atoms with Crippen molar-refractivity contribution in [2.75, 3.05) is 6.54 Å². The van der Waals surface area contributed by atoms with Gasteiger partial charge in [0.05, 0.1) is 5.56 Å².